The molecule has 1 heterocycles. The molecule has 1 saturated carbocycles. The van der Waals surface area contributed by atoms with Gasteiger partial charge in [0.05, 0.1) is 0 Å². The van der Waals surface area contributed by atoms with Gasteiger partial charge >= 0.3 is 0 Å². The molecule has 0 aromatic heterocycles. The number of halogens is 1. The zero-order valence-electron chi connectivity index (χ0n) is 11.0. The SMILES string of the molecule is Cc1cc(Br)ccc1N1CCC(NC2CC2)CC1. The van der Waals surface area contributed by atoms with Gasteiger partial charge in [-0.25, -0.2) is 0 Å². The van der Waals surface area contributed by atoms with Crippen molar-refractivity contribution in [3.63, 3.8) is 0 Å². The molecule has 98 valence electrons. The zero-order valence-corrected chi connectivity index (χ0v) is 12.5. The van der Waals surface area contributed by atoms with E-state index in [1.54, 1.807) is 0 Å². The van der Waals surface area contributed by atoms with Gasteiger partial charge in [-0.05, 0) is 56.4 Å². The van der Waals surface area contributed by atoms with Crippen molar-refractivity contribution in [3.05, 3.63) is 28.2 Å². The van der Waals surface area contributed by atoms with Gasteiger partial charge in [0.2, 0.25) is 0 Å². The average Bonchev–Trinajstić information content (AvgIpc) is 3.15. The van der Waals surface area contributed by atoms with Crippen LogP contribution in [0.2, 0.25) is 0 Å². The molecule has 3 heteroatoms. The number of aryl methyl sites for hydroxylation is 1. The highest BCUT2D eigenvalue weighted by molar-refractivity contribution is 9.10. The smallest absolute Gasteiger partial charge is 0.0396 e. The summed E-state index contributed by atoms with van der Waals surface area (Å²) in [5.74, 6) is 0. The first kappa shape index (κ1) is 12.5. The van der Waals surface area contributed by atoms with E-state index in [0.717, 1.165) is 12.1 Å². The molecule has 3 rings (SSSR count). The van der Waals surface area contributed by atoms with Crippen LogP contribution in [0.15, 0.2) is 22.7 Å². The quantitative estimate of drug-likeness (QED) is 0.919. The molecule has 2 fully saturated rings. The predicted molar refractivity (Wildman–Crippen MR) is 80.3 cm³/mol. The third-order valence-electron chi connectivity index (χ3n) is 4.04. The summed E-state index contributed by atoms with van der Waals surface area (Å²) in [7, 11) is 0. The van der Waals surface area contributed by atoms with E-state index in [-0.39, 0.29) is 0 Å². The van der Waals surface area contributed by atoms with Crippen molar-refractivity contribution in [2.45, 2.75) is 44.7 Å². The molecule has 0 amide bonds. The van der Waals surface area contributed by atoms with Crippen molar-refractivity contribution in [3.8, 4) is 0 Å². The first-order valence-electron chi connectivity index (χ1n) is 6.99. The summed E-state index contributed by atoms with van der Waals surface area (Å²) in [6.45, 7) is 4.58. The van der Waals surface area contributed by atoms with E-state index in [9.17, 15) is 0 Å². The number of benzene rings is 1. The first-order chi connectivity index (χ1) is 8.72. The van der Waals surface area contributed by atoms with Crippen LogP contribution in [0, 0.1) is 6.92 Å². The Morgan fingerprint density at radius 3 is 2.39 bits per heavy atom. The molecule has 2 aliphatic rings. The van der Waals surface area contributed by atoms with Crippen LogP contribution in [0.1, 0.15) is 31.2 Å². The van der Waals surface area contributed by atoms with Crippen LogP contribution in [-0.4, -0.2) is 25.2 Å². The van der Waals surface area contributed by atoms with E-state index < -0.39 is 0 Å². The van der Waals surface area contributed by atoms with Gasteiger partial charge in [0, 0.05) is 35.3 Å². The first-order valence-corrected chi connectivity index (χ1v) is 7.79. The van der Waals surface area contributed by atoms with E-state index >= 15 is 0 Å². The van der Waals surface area contributed by atoms with E-state index in [4.69, 9.17) is 0 Å². The number of rotatable bonds is 3. The summed E-state index contributed by atoms with van der Waals surface area (Å²) in [5, 5.41) is 3.75. The van der Waals surface area contributed by atoms with Crippen molar-refractivity contribution >= 4 is 21.6 Å². The fraction of sp³-hybridized carbons (Fsp3) is 0.600. The highest BCUT2D eigenvalue weighted by atomic mass is 79.9. The van der Waals surface area contributed by atoms with Gasteiger partial charge in [-0.3, -0.25) is 0 Å². The molecule has 1 saturated heterocycles. The van der Waals surface area contributed by atoms with Crippen molar-refractivity contribution < 1.29 is 0 Å². The topological polar surface area (TPSA) is 15.3 Å². The lowest BCUT2D eigenvalue weighted by molar-refractivity contribution is 0.412. The molecule has 0 atom stereocenters. The molecule has 1 aromatic carbocycles. The van der Waals surface area contributed by atoms with Gasteiger partial charge in [0.1, 0.15) is 0 Å². The Bertz CT molecular complexity index is 421. The summed E-state index contributed by atoms with van der Waals surface area (Å²) >= 11 is 3.54. The van der Waals surface area contributed by atoms with Crippen molar-refractivity contribution in [1.29, 1.82) is 0 Å². The van der Waals surface area contributed by atoms with Crippen molar-refractivity contribution in [2.24, 2.45) is 0 Å². The van der Waals surface area contributed by atoms with Crippen molar-refractivity contribution in [1.82, 2.24) is 5.32 Å². The lowest BCUT2D eigenvalue weighted by Gasteiger charge is -2.35. The Morgan fingerprint density at radius 1 is 1.11 bits per heavy atom. The van der Waals surface area contributed by atoms with Gasteiger partial charge in [-0.15, -0.1) is 0 Å². The Labute approximate surface area is 118 Å². The minimum Gasteiger partial charge on any atom is -0.371 e. The van der Waals surface area contributed by atoms with Gasteiger partial charge in [0.25, 0.3) is 0 Å². The molecule has 1 N–H and O–H groups in total. The van der Waals surface area contributed by atoms with Gasteiger partial charge in [0.15, 0.2) is 0 Å². The van der Waals surface area contributed by atoms with Gasteiger partial charge < -0.3 is 10.2 Å². The molecule has 0 bridgehead atoms. The molecule has 18 heavy (non-hydrogen) atoms. The number of hydrogen-bond donors (Lipinski definition) is 1. The Morgan fingerprint density at radius 2 is 1.78 bits per heavy atom. The number of anilines is 1. The monoisotopic (exact) mass is 308 g/mol. The molecule has 1 aliphatic heterocycles. The summed E-state index contributed by atoms with van der Waals surface area (Å²) in [4.78, 5) is 2.53. The van der Waals surface area contributed by atoms with Crippen LogP contribution in [0.3, 0.4) is 0 Å². The van der Waals surface area contributed by atoms with E-state index in [0.29, 0.717) is 0 Å². The number of nitrogens with one attached hydrogen (secondary N) is 1. The van der Waals surface area contributed by atoms with Crippen molar-refractivity contribution in [2.75, 3.05) is 18.0 Å². The van der Waals surface area contributed by atoms with E-state index in [1.165, 1.54) is 54.5 Å². The van der Waals surface area contributed by atoms with E-state index in [1.807, 2.05) is 0 Å². The second kappa shape index (κ2) is 5.22. The lowest BCUT2D eigenvalue weighted by Crippen LogP contribution is -2.43. The zero-order chi connectivity index (χ0) is 12.5. The second-order valence-corrected chi connectivity index (χ2v) is 6.55. The van der Waals surface area contributed by atoms with E-state index in [2.05, 4.69) is 51.3 Å². The highest BCUT2D eigenvalue weighted by Crippen LogP contribution is 2.28. The third kappa shape index (κ3) is 2.89. The Kier molecular flexibility index (Phi) is 3.62. The molecule has 0 spiro atoms. The van der Waals surface area contributed by atoms with Crippen LogP contribution in [0.4, 0.5) is 5.69 Å². The third-order valence-corrected chi connectivity index (χ3v) is 4.54. The molecule has 0 unspecified atom stereocenters. The van der Waals surface area contributed by atoms with Crippen LogP contribution < -0.4 is 10.2 Å². The molecular weight excluding hydrogens is 288 g/mol. The fourth-order valence-electron chi connectivity index (χ4n) is 2.84. The van der Waals surface area contributed by atoms with Gasteiger partial charge in [-0.2, -0.15) is 0 Å². The molecule has 1 aliphatic carbocycles. The van der Waals surface area contributed by atoms with Crippen LogP contribution in [-0.2, 0) is 0 Å². The summed E-state index contributed by atoms with van der Waals surface area (Å²) in [6, 6.07) is 8.20. The molecule has 1 aromatic rings. The average molecular weight is 309 g/mol. The molecular formula is C15H21BrN2. The molecule has 0 radical (unpaired) electrons. The maximum Gasteiger partial charge on any atom is 0.0396 e. The lowest BCUT2D eigenvalue weighted by atomic mass is 10.0. The summed E-state index contributed by atoms with van der Waals surface area (Å²) in [5.41, 5.74) is 2.78. The van der Waals surface area contributed by atoms with Crippen LogP contribution in [0.5, 0.6) is 0 Å². The Hall–Kier alpha value is -0.540. The van der Waals surface area contributed by atoms with Crippen LogP contribution >= 0.6 is 15.9 Å². The predicted octanol–water partition coefficient (Wildman–Crippen LogP) is 3.48. The van der Waals surface area contributed by atoms with Gasteiger partial charge in [-0.1, -0.05) is 15.9 Å². The fourth-order valence-corrected chi connectivity index (χ4v) is 3.32. The normalized spacial score (nSPS) is 21.3. The minimum atomic E-state index is 0.754. The summed E-state index contributed by atoms with van der Waals surface area (Å²) < 4.78 is 1.18. The maximum atomic E-state index is 3.75. The maximum absolute atomic E-state index is 3.75. The second-order valence-electron chi connectivity index (χ2n) is 5.63. The number of piperidine rings is 1. The number of hydrogen-bond acceptors (Lipinski definition) is 2. The largest absolute Gasteiger partial charge is 0.371 e. The minimum absolute atomic E-state index is 0.754. The summed E-state index contributed by atoms with van der Waals surface area (Å²) in [6.07, 6.45) is 5.36. The Balaban J connectivity index is 1.60. The highest BCUT2D eigenvalue weighted by Gasteiger charge is 2.27. The molecule has 2 nitrogen and oxygen atoms in total. The van der Waals surface area contributed by atoms with Crippen LogP contribution in [0.25, 0.3) is 0 Å². The number of nitrogens with zero attached hydrogens (tertiary/aromatic N) is 1. The standard InChI is InChI=1S/C15H21BrN2/c1-11-10-12(16)2-5-15(11)18-8-6-14(7-9-18)17-13-3-4-13/h2,5,10,13-14,17H,3-4,6-9H2,1H3.